The van der Waals surface area contributed by atoms with Crippen molar-refractivity contribution >= 4 is 17.6 Å². The first-order valence-electron chi connectivity index (χ1n) is 7.86. The minimum atomic E-state index is -0.298. The lowest BCUT2D eigenvalue weighted by Gasteiger charge is -2.23. The molecule has 6 heteroatoms. The van der Waals surface area contributed by atoms with Crippen LogP contribution in [0, 0.1) is 0 Å². The van der Waals surface area contributed by atoms with Crippen LogP contribution in [0.5, 0.6) is 11.5 Å². The van der Waals surface area contributed by atoms with E-state index < -0.39 is 0 Å². The average molecular weight is 325 g/mol. The van der Waals surface area contributed by atoms with Crippen LogP contribution in [0.25, 0.3) is 0 Å². The Hall–Kier alpha value is -3.02. The number of para-hydroxylation sites is 1. The van der Waals surface area contributed by atoms with Gasteiger partial charge in [-0.25, -0.2) is 4.79 Å². The van der Waals surface area contributed by atoms with Gasteiger partial charge in [0, 0.05) is 30.8 Å². The van der Waals surface area contributed by atoms with E-state index in [2.05, 4.69) is 16.0 Å². The first-order chi connectivity index (χ1) is 11.7. The summed E-state index contributed by atoms with van der Waals surface area (Å²) in [6.45, 7) is 0.462. The summed E-state index contributed by atoms with van der Waals surface area (Å²) in [6, 6.07) is 16.3. The van der Waals surface area contributed by atoms with Gasteiger partial charge < -0.3 is 20.7 Å². The topological polar surface area (TPSA) is 79.5 Å². The number of amides is 3. The number of nitrogens with one attached hydrogen (secondary N) is 3. The molecule has 1 heterocycles. The molecule has 1 saturated heterocycles. The summed E-state index contributed by atoms with van der Waals surface area (Å²) in [7, 11) is 0. The van der Waals surface area contributed by atoms with Crippen molar-refractivity contribution in [2.24, 2.45) is 0 Å². The molecule has 3 N–H and O–H groups in total. The fraction of sp³-hybridized carbons (Fsp3) is 0.222. The van der Waals surface area contributed by atoms with E-state index in [1.807, 2.05) is 42.5 Å². The van der Waals surface area contributed by atoms with Gasteiger partial charge in [-0.3, -0.25) is 4.79 Å². The summed E-state index contributed by atoms with van der Waals surface area (Å²) in [5, 5.41) is 8.37. The first-order valence-corrected chi connectivity index (χ1v) is 7.86. The molecule has 2 aromatic carbocycles. The van der Waals surface area contributed by atoms with Gasteiger partial charge in [-0.2, -0.15) is 0 Å². The molecular weight excluding hydrogens is 306 g/mol. The van der Waals surface area contributed by atoms with Crippen molar-refractivity contribution in [2.45, 2.75) is 18.9 Å². The standard InChI is InChI=1S/C18H19N3O3/c22-17-10-9-14(12-19-17)21-18(23)20-13-5-4-8-16(11-13)24-15-6-2-1-3-7-15/h1-8,11,14H,9-10,12H2,(H,19,22)(H2,20,21,23)/t14-/m0/s1. The minimum absolute atomic E-state index is 0.0271. The Morgan fingerprint density at radius 1 is 1.08 bits per heavy atom. The van der Waals surface area contributed by atoms with E-state index in [0.717, 1.165) is 5.75 Å². The summed E-state index contributed by atoms with van der Waals surface area (Å²) in [6.07, 6.45) is 1.09. The number of hydrogen-bond donors (Lipinski definition) is 3. The Labute approximate surface area is 140 Å². The lowest BCUT2D eigenvalue weighted by molar-refractivity contribution is -0.122. The third-order valence-corrected chi connectivity index (χ3v) is 3.67. The molecule has 3 amide bonds. The molecule has 0 spiro atoms. The van der Waals surface area contributed by atoms with Crippen molar-refractivity contribution in [3.05, 3.63) is 54.6 Å². The molecule has 0 aromatic heterocycles. The highest BCUT2D eigenvalue weighted by molar-refractivity contribution is 5.89. The van der Waals surface area contributed by atoms with Crippen molar-refractivity contribution in [3.63, 3.8) is 0 Å². The summed E-state index contributed by atoms with van der Waals surface area (Å²) in [4.78, 5) is 23.2. The zero-order chi connectivity index (χ0) is 16.8. The van der Waals surface area contributed by atoms with Crippen LogP contribution in [0.15, 0.2) is 54.6 Å². The van der Waals surface area contributed by atoms with Crippen molar-refractivity contribution in [3.8, 4) is 11.5 Å². The highest BCUT2D eigenvalue weighted by Gasteiger charge is 2.19. The van der Waals surface area contributed by atoms with Gasteiger partial charge in [0.15, 0.2) is 0 Å². The minimum Gasteiger partial charge on any atom is -0.457 e. The van der Waals surface area contributed by atoms with E-state index in [-0.39, 0.29) is 18.0 Å². The fourth-order valence-corrected chi connectivity index (χ4v) is 2.47. The number of piperidine rings is 1. The molecule has 1 aliphatic heterocycles. The molecule has 0 aliphatic carbocycles. The smallest absolute Gasteiger partial charge is 0.319 e. The number of hydrogen-bond acceptors (Lipinski definition) is 3. The van der Waals surface area contributed by atoms with Gasteiger partial charge in [0.1, 0.15) is 11.5 Å². The van der Waals surface area contributed by atoms with Crippen molar-refractivity contribution in [1.82, 2.24) is 10.6 Å². The normalized spacial score (nSPS) is 16.8. The fourth-order valence-electron chi connectivity index (χ4n) is 2.47. The molecule has 24 heavy (non-hydrogen) atoms. The van der Waals surface area contributed by atoms with E-state index >= 15 is 0 Å². The molecule has 1 atom stereocenters. The van der Waals surface area contributed by atoms with E-state index in [1.165, 1.54) is 0 Å². The molecule has 0 saturated carbocycles. The second-order valence-corrected chi connectivity index (χ2v) is 5.58. The van der Waals surface area contributed by atoms with E-state index in [9.17, 15) is 9.59 Å². The van der Waals surface area contributed by atoms with Gasteiger partial charge in [0.05, 0.1) is 0 Å². The number of rotatable bonds is 4. The lowest BCUT2D eigenvalue weighted by Crippen LogP contribution is -2.48. The Balaban J connectivity index is 1.56. The maximum absolute atomic E-state index is 12.1. The van der Waals surface area contributed by atoms with Crippen LogP contribution >= 0.6 is 0 Å². The first kappa shape index (κ1) is 15.9. The molecule has 0 radical (unpaired) electrons. The molecule has 124 valence electrons. The van der Waals surface area contributed by atoms with E-state index in [0.29, 0.717) is 30.8 Å². The van der Waals surface area contributed by atoms with Gasteiger partial charge in [-0.1, -0.05) is 24.3 Å². The number of benzene rings is 2. The van der Waals surface area contributed by atoms with Crippen LogP contribution in [0.4, 0.5) is 10.5 Å². The highest BCUT2D eigenvalue weighted by Crippen LogP contribution is 2.23. The Morgan fingerprint density at radius 3 is 2.62 bits per heavy atom. The second-order valence-electron chi connectivity index (χ2n) is 5.58. The second kappa shape index (κ2) is 7.50. The van der Waals surface area contributed by atoms with Gasteiger partial charge >= 0.3 is 6.03 Å². The Bertz CT molecular complexity index is 708. The maximum Gasteiger partial charge on any atom is 0.319 e. The summed E-state index contributed by atoms with van der Waals surface area (Å²) in [5.41, 5.74) is 0.640. The number of carbonyl (C=O) groups excluding carboxylic acids is 2. The van der Waals surface area contributed by atoms with Crippen LogP contribution in [-0.4, -0.2) is 24.5 Å². The number of urea groups is 1. The monoisotopic (exact) mass is 325 g/mol. The zero-order valence-electron chi connectivity index (χ0n) is 13.1. The number of ether oxygens (including phenoxy) is 1. The average Bonchev–Trinajstić information content (AvgIpc) is 2.58. The predicted octanol–water partition coefficient (Wildman–Crippen LogP) is 2.88. The van der Waals surface area contributed by atoms with Crippen LogP contribution in [0.2, 0.25) is 0 Å². The number of carbonyl (C=O) groups is 2. The lowest BCUT2D eigenvalue weighted by atomic mass is 10.1. The molecular formula is C18H19N3O3. The van der Waals surface area contributed by atoms with Crippen LogP contribution in [0.3, 0.4) is 0 Å². The largest absolute Gasteiger partial charge is 0.457 e. The third-order valence-electron chi connectivity index (χ3n) is 3.67. The molecule has 6 nitrogen and oxygen atoms in total. The molecule has 1 fully saturated rings. The Morgan fingerprint density at radius 2 is 1.88 bits per heavy atom. The van der Waals surface area contributed by atoms with Crippen LogP contribution < -0.4 is 20.7 Å². The van der Waals surface area contributed by atoms with E-state index in [4.69, 9.17) is 4.74 Å². The van der Waals surface area contributed by atoms with E-state index in [1.54, 1.807) is 12.1 Å². The third kappa shape index (κ3) is 4.49. The highest BCUT2D eigenvalue weighted by atomic mass is 16.5. The maximum atomic E-state index is 12.1. The molecule has 0 unspecified atom stereocenters. The molecule has 3 rings (SSSR count). The van der Waals surface area contributed by atoms with Gasteiger partial charge in [0.2, 0.25) is 5.91 Å². The number of anilines is 1. The molecule has 2 aromatic rings. The van der Waals surface area contributed by atoms with Crippen LogP contribution in [-0.2, 0) is 4.79 Å². The van der Waals surface area contributed by atoms with Gasteiger partial charge in [-0.05, 0) is 30.7 Å². The zero-order valence-corrected chi connectivity index (χ0v) is 13.1. The van der Waals surface area contributed by atoms with Gasteiger partial charge in [0.25, 0.3) is 0 Å². The van der Waals surface area contributed by atoms with Crippen molar-refractivity contribution < 1.29 is 14.3 Å². The van der Waals surface area contributed by atoms with Crippen molar-refractivity contribution in [2.75, 3.05) is 11.9 Å². The van der Waals surface area contributed by atoms with Crippen molar-refractivity contribution in [1.29, 1.82) is 0 Å². The van der Waals surface area contributed by atoms with Gasteiger partial charge in [-0.15, -0.1) is 0 Å². The molecule has 0 bridgehead atoms. The van der Waals surface area contributed by atoms with Crippen LogP contribution in [0.1, 0.15) is 12.8 Å². The SMILES string of the molecule is O=C1CC[C@H](NC(=O)Nc2cccc(Oc3ccccc3)c2)CN1. The quantitative estimate of drug-likeness (QED) is 0.808. The molecule has 1 aliphatic rings. The summed E-state index contributed by atoms with van der Waals surface area (Å²) < 4.78 is 5.74. The Kier molecular flexibility index (Phi) is 4.96. The predicted molar refractivity (Wildman–Crippen MR) is 91.1 cm³/mol. The summed E-state index contributed by atoms with van der Waals surface area (Å²) >= 11 is 0. The summed E-state index contributed by atoms with van der Waals surface area (Å²) in [5.74, 6) is 1.40.